The summed E-state index contributed by atoms with van der Waals surface area (Å²) in [4.78, 5) is 1.57. The average molecular weight is 355 g/mol. The molecule has 3 aromatic rings. The second kappa shape index (κ2) is 10.9. The van der Waals surface area contributed by atoms with Crippen molar-refractivity contribution in [2.45, 2.75) is 6.42 Å². The molecule has 0 saturated carbocycles. The molecule has 1 heteroatoms. The van der Waals surface area contributed by atoms with E-state index < -0.39 is 0 Å². The first-order valence-electron chi connectivity index (χ1n) is 9.71. The Kier molecular flexibility index (Phi) is 7.66. The van der Waals surface area contributed by atoms with Crippen LogP contribution in [0.25, 0.3) is 12.2 Å². The lowest BCUT2D eigenvalue weighted by Crippen LogP contribution is -3.11. The quantitative estimate of drug-likeness (QED) is 0.575. The molecule has 0 saturated heterocycles. The van der Waals surface area contributed by atoms with Gasteiger partial charge in [-0.3, -0.25) is 0 Å². The molecule has 136 valence electrons. The van der Waals surface area contributed by atoms with E-state index in [1.54, 1.807) is 4.90 Å². The number of rotatable bonds is 9. The second-order valence-electron chi connectivity index (χ2n) is 6.77. The Bertz CT molecular complexity index is 768. The minimum atomic E-state index is 1.03. The summed E-state index contributed by atoms with van der Waals surface area (Å²) in [6.07, 6.45) is 10.2. The zero-order valence-electron chi connectivity index (χ0n) is 15.8. The van der Waals surface area contributed by atoms with Crippen molar-refractivity contribution in [3.8, 4) is 0 Å². The number of benzene rings is 3. The fraction of sp³-hybridized carbons (Fsp3) is 0.154. The van der Waals surface area contributed by atoms with Gasteiger partial charge in [-0.15, -0.1) is 0 Å². The van der Waals surface area contributed by atoms with Crippen LogP contribution in [0.2, 0.25) is 0 Å². The molecule has 0 aliphatic carbocycles. The normalized spacial score (nSPS) is 11.6. The van der Waals surface area contributed by atoms with Crippen molar-refractivity contribution < 1.29 is 4.90 Å². The van der Waals surface area contributed by atoms with Gasteiger partial charge in [0.05, 0.1) is 19.6 Å². The Morgan fingerprint density at radius 3 is 1.48 bits per heavy atom. The van der Waals surface area contributed by atoms with Crippen LogP contribution in [0.1, 0.15) is 16.7 Å². The van der Waals surface area contributed by atoms with Crippen molar-refractivity contribution in [2.24, 2.45) is 0 Å². The van der Waals surface area contributed by atoms with Gasteiger partial charge >= 0.3 is 0 Å². The zero-order chi connectivity index (χ0) is 18.6. The molecule has 0 heterocycles. The van der Waals surface area contributed by atoms with Crippen molar-refractivity contribution in [2.75, 3.05) is 19.6 Å². The lowest BCUT2D eigenvalue weighted by Gasteiger charge is -2.16. The van der Waals surface area contributed by atoms with Gasteiger partial charge in [-0.05, 0) is 28.8 Å². The van der Waals surface area contributed by atoms with Gasteiger partial charge in [-0.2, -0.15) is 0 Å². The van der Waals surface area contributed by atoms with E-state index in [1.807, 2.05) is 0 Å². The molecule has 0 amide bonds. The summed E-state index contributed by atoms with van der Waals surface area (Å²) in [6, 6.07) is 31.8. The molecule has 1 nitrogen and oxygen atoms in total. The fourth-order valence-corrected chi connectivity index (χ4v) is 3.10. The summed E-state index contributed by atoms with van der Waals surface area (Å²) >= 11 is 0. The second-order valence-corrected chi connectivity index (χ2v) is 6.77. The molecule has 0 bridgehead atoms. The minimum absolute atomic E-state index is 1.03. The van der Waals surface area contributed by atoms with E-state index in [1.165, 1.54) is 16.7 Å². The first-order valence-corrected chi connectivity index (χ1v) is 9.71. The van der Waals surface area contributed by atoms with E-state index >= 15 is 0 Å². The van der Waals surface area contributed by atoms with Crippen LogP contribution in [0.4, 0.5) is 0 Å². The molecular weight excluding hydrogens is 326 g/mol. The van der Waals surface area contributed by atoms with E-state index in [9.17, 15) is 0 Å². The van der Waals surface area contributed by atoms with E-state index in [0.717, 1.165) is 26.1 Å². The summed E-state index contributed by atoms with van der Waals surface area (Å²) in [5.74, 6) is 0. The molecule has 0 aliphatic heterocycles. The lowest BCUT2D eigenvalue weighted by molar-refractivity contribution is -0.887. The molecule has 1 N–H and O–H groups in total. The Balaban J connectivity index is 1.58. The van der Waals surface area contributed by atoms with Gasteiger partial charge in [-0.25, -0.2) is 0 Å². The average Bonchev–Trinajstić information content (AvgIpc) is 2.74. The summed E-state index contributed by atoms with van der Waals surface area (Å²) < 4.78 is 0. The lowest BCUT2D eigenvalue weighted by atomic mass is 10.1. The predicted molar refractivity (Wildman–Crippen MR) is 117 cm³/mol. The summed E-state index contributed by atoms with van der Waals surface area (Å²) in [5.41, 5.74) is 3.94. The molecule has 27 heavy (non-hydrogen) atoms. The molecule has 0 aromatic heterocycles. The molecule has 0 spiro atoms. The third kappa shape index (κ3) is 7.08. The minimum Gasteiger partial charge on any atom is -0.328 e. The van der Waals surface area contributed by atoms with Crippen LogP contribution in [-0.2, 0) is 6.42 Å². The maximum atomic E-state index is 2.30. The standard InChI is InChI=1S/C26H27N/c1-4-12-24(13-5-1)18-10-21-27(23-20-26-16-8-3-9-17-26)22-11-19-25-14-6-2-7-15-25/h1-19H,20-23H2/p+1/b18-10+,19-11+. The molecule has 0 atom stereocenters. The van der Waals surface area contributed by atoms with Crippen LogP contribution in [0.5, 0.6) is 0 Å². The van der Waals surface area contributed by atoms with Gasteiger partial charge in [0.2, 0.25) is 0 Å². The van der Waals surface area contributed by atoms with Crippen molar-refractivity contribution >= 4 is 12.2 Å². The van der Waals surface area contributed by atoms with Gasteiger partial charge in [0.1, 0.15) is 0 Å². The SMILES string of the molecule is C(=C\c1ccccc1)/C[NH+](C/C=C/c1ccccc1)CCc1ccccc1. The van der Waals surface area contributed by atoms with Crippen LogP contribution in [0.3, 0.4) is 0 Å². The highest BCUT2D eigenvalue weighted by Crippen LogP contribution is 2.01. The van der Waals surface area contributed by atoms with Crippen molar-refractivity contribution in [1.82, 2.24) is 0 Å². The molecule has 0 aliphatic rings. The number of hydrogen-bond donors (Lipinski definition) is 1. The van der Waals surface area contributed by atoms with Crippen LogP contribution in [0.15, 0.2) is 103 Å². The zero-order valence-corrected chi connectivity index (χ0v) is 15.8. The van der Waals surface area contributed by atoms with Gasteiger partial charge in [0, 0.05) is 6.42 Å². The van der Waals surface area contributed by atoms with E-state index in [-0.39, 0.29) is 0 Å². The highest BCUT2D eigenvalue weighted by Gasteiger charge is 2.05. The monoisotopic (exact) mass is 354 g/mol. The Morgan fingerprint density at radius 1 is 0.556 bits per heavy atom. The van der Waals surface area contributed by atoms with E-state index in [2.05, 4.69) is 115 Å². The van der Waals surface area contributed by atoms with Crippen molar-refractivity contribution in [3.63, 3.8) is 0 Å². The van der Waals surface area contributed by atoms with Crippen LogP contribution in [-0.4, -0.2) is 19.6 Å². The Hall–Kier alpha value is -2.90. The van der Waals surface area contributed by atoms with Crippen molar-refractivity contribution in [1.29, 1.82) is 0 Å². The molecule has 0 radical (unpaired) electrons. The fourth-order valence-electron chi connectivity index (χ4n) is 3.10. The van der Waals surface area contributed by atoms with Crippen LogP contribution >= 0.6 is 0 Å². The number of hydrogen-bond acceptors (Lipinski definition) is 0. The predicted octanol–water partition coefficient (Wildman–Crippen LogP) is 4.54. The topological polar surface area (TPSA) is 4.44 Å². The van der Waals surface area contributed by atoms with Gasteiger partial charge in [0.15, 0.2) is 0 Å². The first-order chi connectivity index (χ1) is 13.4. The Labute approximate surface area is 163 Å². The summed E-state index contributed by atoms with van der Waals surface area (Å²) in [7, 11) is 0. The largest absolute Gasteiger partial charge is 0.328 e. The third-order valence-electron chi connectivity index (χ3n) is 4.64. The van der Waals surface area contributed by atoms with Gasteiger partial charge < -0.3 is 4.90 Å². The number of nitrogens with one attached hydrogen (secondary N) is 1. The molecule has 0 fully saturated rings. The molecule has 0 unspecified atom stereocenters. The van der Waals surface area contributed by atoms with Crippen LogP contribution in [0, 0.1) is 0 Å². The maximum absolute atomic E-state index is 2.30. The third-order valence-corrected chi connectivity index (χ3v) is 4.64. The van der Waals surface area contributed by atoms with Gasteiger partial charge in [-0.1, -0.05) is 103 Å². The maximum Gasteiger partial charge on any atom is 0.0963 e. The van der Waals surface area contributed by atoms with Crippen molar-refractivity contribution in [3.05, 3.63) is 120 Å². The molecule has 3 rings (SSSR count). The number of quaternary nitrogens is 1. The Morgan fingerprint density at radius 2 is 1.00 bits per heavy atom. The van der Waals surface area contributed by atoms with E-state index in [0.29, 0.717) is 0 Å². The van der Waals surface area contributed by atoms with Crippen LogP contribution < -0.4 is 4.90 Å². The highest BCUT2D eigenvalue weighted by molar-refractivity contribution is 5.49. The highest BCUT2D eigenvalue weighted by atomic mass is 15.1. The summed E-state index contributed by atoms with van der Waals surface area (Å²) in [6.45, 7) is 3.18. The smallest absolute Gasteiger partial charge is 0.0963 e. The first kappa shape index (κ1) is 18.9. The van der Waals surface area contributed by atoms with E-state index in [4.69, 9.17) is 0 Å². The molecular formula is C26H28N+. The van der Waals surface area contributed by atoms with Gasteiger partial charge in [0.25, 0.3) is 0 Å². The molecule has 3 aromatic carbocycles. The summed E-state index contributed by atoms with van der Waals surface area (Å²) in [5, 5.41) is 0.